The summed E-state index contributed by atoms with van der Waals surface area (Å²) in [5.41, 5.74) is 1.36. The van der Waals surface area contributed by atoms with E-state index in [0.29, 0.717) is 22.4 Å². The number of hydrogen-bond donors (Lipinski definition) is 2. The Morgan fingerprint density at radius 2 is 1.82 bits per heavy atom. The number of halogens is 2. The first-order valence-corrected chi connectivity index (χ1v) is 12.5. The van der Waals surface area contributed by atoms with Crippen LogP contribution >= 0.6 is 15.9 Å². The van der Waals surface area contributed by atoms with Gasteiger partial charge in [0.2, 0.25) is 15.9 Å². The highest BCUT2D eigenvalue weighted by Gasteiger charge is 2.27. The van der Waals surface area contributed by atoms with Crippen LogP contribution in [0, 0.1) is 12.7 Å². The van der Waals surface area contributed by atoms with E-state index in [2.05, 4.69) is 26.0 Å². The molecular formula is C24H24BrFN2O4S. The van der Waals surface area contributed by atoms with E-state index >= 15 is 0 Å². The van der Waals surface area contributed by atoms with Gasteiger partial charge in [-0.05, 0) is 67.8 Å². The molecule has 33 heavy (non-hydrogen) atoms. The highest BCUT2D eigenvalue weighted by atomic mass is 79.9. The number of ether oxygens (including phenoxy) is 1. The first kappa shape index (κ1) is 24.9. The van der Waals surface area contributed by atoms with Gasteiger partial charge in [-0.1, -0.05) is 46.3 Å². The van der Waals surface area contributed by atoms with Gasteiger partial charge in [-0.2, -0.15) is 4.72 Å². The average molecular weight is 535 g/mol. The summed E-state index contributed by atoms with van der Waals surface area (Å²) in [6, 6.07) is 16.5. The maximum Gasteiger partial charge on any atom is 0.242 e. The number of nitrogens with one attached hydrogen (secondary N) is 2. The van der Waals surface area contributed by atoms with E-state index in [1.165, 1.54) is 24.3 Å². The van der Waals surface area contributed by atoms with Gasteiger partial charge >= 0.3 is 0 Å². The van der Waals surface area contributed by atoms with Crippen LogP contribution in [0.15, 0.2) is 76.1 Å². The minimum atomic E-state index is -4.06. The monoisotopic (exact) mass is 534 g/mol. The molecule has 0 heterocycles. The van der Waals surface area contributed by atoms with Gasteiger partial charge in [0.1, 0.15) is 17.6 Å². The molecule has 0 aliphatic rings. The third kappa shape index (κ3) is 6.63. The molecule has 0 radical (unpaired) electrons. The minimum absolute atomic E-state index is 0.00383. The van der Waals surface area contributed by atoms with Gasteiger partial charge in [0, 0.05) is 4.47 Å². The van der Waals surface area contributed by atoms with Gasteiger partial charge in [-0.25, -0.2) is 12.8 Å². The quantitative estimate of drug-likeness (QED) is 0.412. The molecular weight excluding hydrogens is 511 g/mol. The second-order valence-electron chi connectivity index (χ2n) is 7.34. The number of aryl methyl sites for hydroxylation is 1. The van der Waals surface area contributed by atoms with Crippen LogP contribution in [0.1, 0.15) is 18.1 Å². The Hall–Kier alpha value is -2.75. The number of rotatable bonds is 9. The van der Waals surface area contributed by atoms with Crippen molar-refractivity contribution in [3.63, 3.8) is 0 Å². The third-order valence-corrected chi connectivity index (χ3v) is 6.80. The number of carbonyl (C=O) groups excluding carboxylic acids is 1. The largest absolute Gasteiger partial charge is 0.494 e. The Balaban J connectivity index is 1.88. The van der Waals surface area contributed by atoms with E-state index in [-0.39, 0.29) is 17.0 Å². The fourth-order valence-corrected chi connectivity index (χ4v) is 4.82. The number of hydrogen-bond acceptors (Lipinski definition) is 4. The van der Waals surface area contributed by atoms with Crippen molar-refractivity contribution in [2.45, 2.75) is 31.2 Å². The predicted octanol–water partition coefficient (Wildman–Crippen LogP) is 4.82. The lowest BCUT2D eigenvalue weighted by Gasteiger charge is -2.19. The number of amides is 1. The van der Waals surface area contributed by atoms with Crippen molar-refractivity contribution in [2.24, 2.45) is 0 Å². The lowest BCUT2D eigenvalue weighted by molar-refractivity contribution is -0.117. The predicted molar refractivity (Wildman–Crippen MR) is 129 cm³/mol. The number of sulfonamides is 1. The maximum atomic E-state index is 14.3. The van der Waals surface area contributed by atoms with Gasteiger partial charge in [-0.15, -0.1) is 0 Å². The van der Waals surface area contributed by atoms with Crippen LogP contribution in [-0.2, 0) is 21.2 Å². The van der Waals surface area contributed by atoms with Gasteiger partial charge in [-0.3, -0.25) is 4.79 Å². The zero-order chi connectivity index (χ0) is 24.0. The normalized spacial score (nSPS) is 12.2. The SMILES string of the molecule is CCOc1ccc(S(=O)(=O)N[C@H](Cc2ccccc2)C(=O)Nc2ccc(Br)cc2F)cc1C. The molecule has 9 heteroatoms. The molecule has 3 aromatic carbocycles. The van der Waals surface area contributed by atoms with E-state index in [1.807, 2.05) is 13.0 Å². The van der Waals surface area contributed by atoms with Crippen molar-refractivity contribution in [1.82, 2.24) is 4.72 Å². The molecule has 0 aromatic heterocycles. The van der Waals surface area contributed by atoms with Crippen LogP contribution in [-0.4, -0.2) is 27.0 Å². The summed E-state index contributed by atoms with van der Waals surface area (Å²) in [6.07, 6.45) is 0.0834. The molecule has 0 spiro atoms. The van der Waals surface area contributed by atoms with Gasteiger partial charge in [0.25, 0.3) is 0 Å². The number of carbonyl (C=O) groups is 1. The topological polar surface area (TPSA) is 84.5 Å². The van der Waals surface area contributed by atoms with Crippen molar-refractivity contribution in [3.05, 3.63) is 88.1 Å². The molecule has 0 aliphatic heterocycles. The lowest BCUT2D eigenvalue weighted by Crippen LogP contribution is -2.45. The van der Waals surface area contributed by atoms with Crippen LogP contribution in [0.4, 0.5) is 10.1 Å². The van der Waals surface area contributed by atoms with Crippen LogP contribution in [0.2, 0.25) is 0 Å². The van der Waals surface area contributed by atoms with Gasteiger partial charge in [0.15, 0.2) is 0 Å². The van der Waals surface area contributed by atoms with Crippen LogP contribution in [0.3, 0.4) is 0 Å². The summed E-state index contributed by atoms with van der Waals surface area (Å²) in [5, 5.41) is 2.49. The fraction of sp³-hybridized carbons (Fsp3) is 0.208. The maximum absolute atomic E-state index is 14.3. The molecule has 1 amide bonds. The van der Waals surface area contributed by atoms with Crippen molar-refractivity contribution in [3.8, 4) is 5.75 Å². The molecule has 0 fully saturated rings. The second-order valence-corrected chi connectivity index (χ2v) is 9.97. The first-order valence-electron chi connectivity index (χ1n) is 10.2. The van der Waals surface area contributed by atoms with Crippen molar-refractivity contribution in [2.75, 3.05) is 11.9 Å². The van der Waals surface area contributed by atoms with E-state index in [9.17, 15) is 17.6 Å². The van der Waals surface area contributed by atoms with E-state index in [0.717, 1.165) is 5.56 Å². The first-order chi connectivity index (χ1) is 15.7. The molecule has 0 unspecified atom stereocenters. The number of anilines is 1. The third-order valence-electron chi connectivity index (χ3n) is 4.84. The van der Waals surface area contributed by atoms with E-state index in [1.54, 1.807) is 43.3 Å². The minimum Gasteiger partial charge on any atom is -0.494 e. The Morgan fingerprint density at radius 1 is 1.09 bits per heavy atom. The van der Waals surface area contributed by atoms with Crippen molar-refractivity contribution >= 4 is 37.5 Å². The molecule has 3 rings (SSSR count). The standard InChI is InChI=1S/C24H24BrFN2O4S/c1-3-32-23-12-10-19(13-16(23)2)33(30,31)28-22(14-17-7-5-4-6-8-17)24(29)27-21-11-9-18(25)15-20(21)26/h4-13,15,22,28H,3,14H2,1-2H3,(H,27,29)/t22-/m1/s1. The highest BCUT2D eigenvalue weighted by molar-refractivity contribution is 9.10. The summed E-state index contributed by atoms with van der Waals surface area (Å²) in [5.74, 6) is -0.728. The van der Waals surface area contributed by atoms with Crippen molar-refractivity contribution < 1.29 is 22.3 Å². The molecule has 1 atom stereocenters. The summed E-state index contributed by atoms with van der Waals surface area (Å²) < 4.78 is 48.9. The zero-order valence-electron chi connectivity index (χ0n) is 18.1. The van der Waals surface area contributed by atoms with Crippen LogP contribution in [0.25, 0.3) is 0 Å². The van der Waals surface area contributed by atoms with Crippen LogP contribution < -0.4 is 14.8 Å². The van der Waals surface area contributed by atoms with E-state index < -0.39 is 27.8 Å². The molecule has 0 saturated carbocycles. The molecule has 2 N–H and O–H groups in total. The Labute approximate surface area is 201 Å². The summed E-state index contributed by atoms with van der Waals surface area (Å²) in [6.45, 7) is 4.04. The summed E-state index contributed by atoms with van der Waals surface area (Å²) >= 11 is 3.17. The molecule has 3 aromatic rings. The summed E-state index contributed by atoms with van der Waals surface area (Å²) in [4.78, 5) is 13.0. The van der Waals surface area contributed by atoms with Crippen molar-refractivity contribution in [1.29, 1.82) is 0 Å². The average Bonchev–Trinajstić information content (AvgIpc) is 2.77. The molecule has 174 valence electrons. The highest BCUT2D eigenvalue weighted by Crippen LogP contribution is 2.23. The summed E-state index contributed by atoms with van der Waals surface area (Å²) in [7, 11) is -4.06. The Kier molecular flexibility index (Phi) is 8.23. The Morgan fingerprint density at radius 3 is 2.45 bits per heavy atom. The van der Waals surface area contributed by atoms with Gasteiger partial charge < -0.3 is 10.1 Å². The fourth-order valence-electron chi connectivity index (χ4n) is 3.21. The molecule has 0 bridgehead atoms. The van der Waals surface area contributed by atoms with Crippen LogP contribution in [0.5, 0.6) is 5.75 Å². The zero-order valence-corrected chi connectivity index (χ0v) is 20.5. The number of benzene rings is 3. The molecule has 0 saturated heterocycles. The molecule has 6 nitrogen and oxygen atoms in total. The smallest absolute Gasteiger partial charge is 0.242 e. The Bertz CT molecular complexity index is 1240. The molecule has 0 aliphatic carbocycles. The lowest BCUT2D eigenvalue weighted by atomic mass is 10.1. The van der Waals surface area contributed by atoms with E-state index in [4.69, 9.17) is 4.74 Å². The van der Waals surface area contributed by atoms with Gasteiger partial charge in [0.05, 0.1) is 17.2 Å². The second kappa shape index (κ2) is 10.9.